The van der Waals surface area contributed by atoms with Crippen molar-refractivity contribution in [2.45, 2.75) is 61.1 Å². The van der Waals surface area contributed by atoms with E-state index >= 15 is 0 Å². The molecule has 0 unspecified atom stereocenters. The first-order chi connectivity index (χ1) is 20.9. The summed E-state index contributed by atoms with van der Waals surface area (Å²) in [6, 6.07) is 12.4. The van der Waals surface area contributed by atoms with Crippen LogP contribution < -0.4 is 14.8 Å². The zero-order valence-corrected chi connectivity index (χ0v) is 24.1. The third-order valence-corrected chi connectivity index (χ3v) is 8.92. The lowest BCUT2D eigenvalue weighted by Crippen LogP contribution is -2.74. The Morgan fingerprint density at radius 1 is 1.23 bits per heavy atom. The van der Waals surface area contributed by atoms with Gasteiger partial charge in [0.05, 0.1) is 24.5 Å². The molecule has 3 N–H and O–H groups in total. The van der Waals surface area contributed by atoms with Crippen LogP contribution in [0.1, 0.15) is 42.1 Å². The third-order valence-electron chi connectivity index (χ3n) is 8.92. The number of aliphatic hydroxyl groups is 2. The number of ether oxygens (including phenoxy) is 3. The third kappa shape index (κ3) is 5.33. The molecule has 44 heavy (non-hydrogen) atoms. The van der Waals surface area contributed by atoms with Crippen LogP contribution in [0.4, 0.5) is 13.2 Å². The van der Waals surface area contributed by atoms with E-state index < -0.39 is 47.6 Å². The number of alkyl halides is 3. The van der Waals surface area contributed by atoms with Crippen LogP contribution in [0, 0.1) is 0 Å². The summed E-state index contributed by atoms with van der Waals surface area (Å²) >= 11 is 0. The second-order valence-corrected chi connectivity index (χ2v) is 11.3. The molecule has 2 aromatic carbocycles. The number of carbonyl (C=O) groups excluding carboxylic acids is 3. The summed E-state index contributed by atoms with van der Waals surface area (Å²) < 4.78 is 49.2. The predicted octanol–water partition coefficient (Wildman–Crippen LogP) is 2.50. The number of methoxy groups -OCH3 is 1. The van der Waals surface area contributed by atoms with Gasteiger partial charge in [0.15, 0.2) is 23.7 Å². The van der Waals surface area contributed by atoms with Gasteiger partial charge < -0.3 is 34.6 Å². The molecule has 2 aliphatic heterocycles. The molecule has 1 amide bonds. The summed E-state index contributed by atoms with van der Waals surface area (Å²) in [6.45, 7) is 0.792. The van der Waals surface area contributed by atoms with Crippen molar-refractivity contribution in [2.24, 2.45) is 0 Å². The molecule has 2 aliphatic carbocycles. The zero-order chi connectivity index (χ0) is 31.9. The number of nitrogens with zero attached hydrogens (tertiary/aromatic N) is 1. The lowest BCUT2D eigenvalue weighted by molar-refractivity contribution is -0.169. The van der Waals surface area contributed by atoms with E-state index in [1.807, 2.05) is 19.2 Å². The SMILES string of the molecule is COc1ccc2c3c1O[C@H]1C(OC(=O)CCNC(=O)[C@@H](O)c4ccccc4)=CC[C@@]4(O)[C@@H](C2)N(C)CC[C@]314.O=CC(F)(F)F. The molecule has 1 spiro atoms. The average Bonchev–Trinajstić information content (AvgIpc) is 3.36. The van der Waals surface area contributed by atoms with Crippen molar-refractivity contribution in [3.63, 3.8) is 0 Å². The molecule has 4 aliphatic rings. The van der Waals surface area contributed by atoms with Crippen LogP contribution in [0.2, 0.25) is 0 Å². The Labute approximate surface area is 251 Å². The van der Waals surface area contributed by atoms with Crippen LogP contribution in [0.3, 0.4) is 0 Å². The molecule has 2 bridgehead atoms. The summed E-state index contributed by atoms with van der Waals surface area (Å²) in [5, 5.41) is 25.1. The first-order valence-corrected chi connectivity index (χ1v) is 14.1. The Balaban J connectivity index is 0.000000584. The minimum Gasteiger partial charge on any atom is -0.493 e. The molecule has 2 heterocycles. The number of hydrogen-bond donors (Lipinski definition) is 3. The molecule has 13 heteroatoms. The largest absolute Gasteiger partial charge is 0.493 e. The van der Waals surface area contributed by atoms with Gasteiger partial charge in [-0.15, -0.1) is 0 Å². The molecule has 0 aromatic heterocycles. The Kier molecular flexibility index (Phi) is 8.49. The molecular formula is C31H33F3N2O8. The van der Waals surface area contributed by atoms with Crippen molar-refractivity contribution in [3.05, 3.63) is 71.0 Å². The van der Waals surface area contributed by atoms with Crippen molar-refractivity contribution in [3.8, 4) is 11.5 Å². The maximum absolute atomic E-state index is 12.9. The highest BCUT2D eigenvalue weighted by Gasteiger charge is 2.72. The summed E-state index contributed by atoms with van der Waals surface area (Å²) in [6.07, 6.45) is -4.31. The fraction of sp³-hybridized carbons (Fsp3) is 0.452. The zero-order valence-electron chi connectivity index (χ0n) is 24.1. The van der Waals surface area contributed by atoms with Crippen LogP contribution in [-0.4, -0.2) is 84.4 Å². The molecule has 2 aromatic rings. The molecule has 1 saturated heterocycles. The van der Waals surface area contributed by atoms with Crippen LogP contribution in [0.15, 0.2) is 54.3 Å². The van der Waals surface area contributed by atoms with Gasteiger partial charge in [-0.05, 0) is 49.7 Å². The fourth-order valence-corrected chi connectivity index (χ4v) is 6.94. The number of aldehydes is 1. The summed E-state index contributed by atoms with van der Waals surface area (Å²) in [5.41, 5.74) is 0.741. The maximum atomic E-state index is 12.9. The predicted molar refractivity (Wildman–Crippen MR) is 149 cm³/mol. The Morgan fingerprint density at radius 2 is 1.93 bits per heavy atom. The van der Waals surface area contributed by atoms with Crippen LogP contribution in [0.25, 0.3) is 0 Å². The van der Waals surface area contributed by atoms with Crippen molar-refractivity contribution in [1.82, 2.24) is 10.2 Å². The molecule has 0 saturated carbocycles. The number of rotatable bonds is 7. The molecule has 1 fully saturated rings. The van der Waals surface area contributed by atoms with E-state index in [1.165, 1.54) is 0 Å². The Bertz CT molecular complexity index is 1470. The highest BCUT2D eigenvalue weighted by molar-refractivity contribution is 5.82. The molecule has 10 nitrogen and oxygen atoms in total. The summed E-state index contributed by atoms with van der Waals surface area (Å²) in [4.78, 5) is 36.1. The molecule has 6 rings (SSSR count). The quantitative estimate of drug-likeness (QED) is 0.316. The Hall–Kier alpha value is -3.94. The topological polar surface area (TPSA) is 135 Å². The molecule has 0 radical (unpaired) electrons. The van der Waals surface area contributed by atoms with E-state index in [1.54, 1.807) is 43.5 Å². The fourth-order valence-electron chi connectivity index (χ4n) is 6.94. The summed E-state index contributed by atoms with van der Waals surface area (Å²) in [7, 11) is 3.63. The van der Waals surface area contributed by atoms with Gasteiger partial charge in [0.1, 0.15) is 5.76 Å². The number of halogens is 3. The van der Waals surface area contributed by atoms with Crippen molar-refractivity contribution in [2.75, 3.05) is 27.2 Å². The van der Waals surface area contributed by atoms with Gasteiger partial charge in [0.25, 0.3) is 5.91 Å². The van der Waals surface area contributed by atoms with Gasteiger partial charge in [0, 0.05) is 24.6 Å². The van der Waals surface area contributed by atoms with E-state index in [0.717, 1.165) is 17.7 Å². The highest BCUT2D eigenvalue weighted by Crippen LogP contribution is 2.65. The minimum atomic E-state index is -4.64. The van der Waals surface area contributed by atoms with Gasteiger partial charge in [-0.3, -0.25) is 14.4 Å². The highest BCUT2D eigenvalue weighted by atomic mass is 19.4. The summed E-state index contributed by atoms with van der Waals surface area (Å²) in [5.74, 6) is 0.475. The lowest BCUT2D eigenvalue weighted by Gasteiger charge is -2.61. The van der Waals surface area contributed by atoms with Gasteiger partial charge >= 0.3 is 12.1 Å². The Morgan fingerprint density at radius 3 is 2.59 bits per heavy atom. The van der Waals surface area contributed by atoms with Crippen molar-refractivity contribution >= 4 is 18.2 Å². The average molecular weight is 619 g/mol. The van der Waals surface area contributed by atoms with Gasteiger partial charge in [-0.2, -0.15) is 13.2 Å². The van der Waals surface area contributed by atoms with Crippen molar-refractivity contribution in [1.29, 1.82) is 0 Å². The maximum Gasteiger partial charge on any atom is 0.446 e. The lowest BCUT2D eigenvalue weighted by atomic mass is 9.50. The van der Waals surface area contributed by atoms with Crippen LogP contribution >= 0.6 is 0 Å². The van der Waals surface area contributed by atoms with E-state index in [2.05, 4.69) is 10.2 Å². The smallest absolute Gasteiger partial charge is 0.446 e. The second-order valence-electron chi connectivity index (χ2n) is 11.3. The van der Waals surface area contributed by atoms with E-state index in [-0.39, 0.29) is 19.0 Å². The van der Waals surface area contributed by atoms with E-state index in [4.69, 9.17) is 19.0 Å². The normalized spacial score (nSPS) is 26.9. The molecule has 236 valence electrons. The van der Waals surface area contributed by atoms with E-state index in [0.29, 0.717) is 42.1 Å². The standard InChI is InChI=1S/C29H32N2O7.C2HF3O/c1-31-15-13-28-23-18-8-9-19(36-2)25(23)38-26(28)20(10-12-29(28,35)21(31)16-18)37-22(32)11-14-30-27(34)24(33)17-6-4-3-5-7-17;3-2(4,5)1-6/h3-10,21,24,26,33,35H,11-16H2,1-2H3,(H,30,34);1H/t21-,24+,26+,28+,29-;/m1./s1. The van der Waals surface area contributed by atoms with E-state index in [9.17, 15) is 33.0 Å². The second kappa shape index (κ2) is 11.9. The monoisotopic (exact) mass is 618 g/mol. The number of amides is 1. The number of likely N-dealkylation sites (tertiary alicyclic amines) is 1. The van der Waals surface area contributed by atoms with Crippen LogP contribution in [-0.2, 0) is 31.0 Å². The number of likely N-dealkylation sites (N-methyl/N-ethyl adjacent to an activating group) is 1. The van der Waals surface area contributed by atoms with Gasteiger partial charge in [-0.1, -0.05) is 36.4 Å². The van der Waals surface area contributed by atoms with Crippen LogP contribution in [0.5, 0.6) is 11.5 Å². The molecule has 5 atom stereocenters. The van der Waals surface area contributed by atoms with Crippen molar-refractivity contribution < 1.29 is 52.0 Å². The minimum absolute atomic E-state index is 0.0144. The number of hydrogen-bond acceptors (Lipinski definition) is 9. The first kappa shape index (κ1) is 31.5. The number of piperidine rings is 1. The van der Waals surface area contributed by atoms with Gasteiger partial charge in [0.2, 0.25) is 6.29 Å². The number of benzene rings is 2. The first-order valence-electron chi connectivity index (χ1n) is 14.1. The van der Waals surface area contributed by atoms with Gasteiger partial charge in [-0.25, -0.2) is 0 Å². The molecular weight excluding hydrogens is 585 g/mol. The number of esters is 1. The number of aliphatic hydroxyl groups excluding tert-OH is 1. The number of carbonyl (C=O) groups is 3. The number of nitrogens with one attached hydrogen (secondary N) is 1.